The summed E-state index contributed by atoms with van der Waals surface area (Å²) in [5, 5.41) is 7.80. The Balaban J connectivity index is 1.21. The molecule has 8 aromatic carbocycles. The van der Waals surface area contributed by atoms with E-state index in [4.69, 9.17) is 0 Å². The Bertz CT molecular complexity index is 2560. The molecule has 47 heavy (non-hydrogen) atoms. The molecule has 0 saturated carbocycles. The Morgan fingerprint density at radius 1 is 0.362 bits per heavy atom. The molecule has 9 rings (SSSR count). The summed E-state index contributed by atoms with van der Waals surface area (Å²) in [6.07, 6.45) is 0. The number of hydrogen-bond donors (Lipinski definition) is 0. The molecule has 0 saturated heterocycles. The molecule has 1 heterocycles. The van der Waals surface area contributed by atoms with E-state index in [0.29, 0.717) is 0 Å². The maximum Gasteiger partial charge on any atom is 0.0575 e. The van der Waals surface area contributed by atoms with Gasteiger partial charge in [0.15, 0.2) is 0 Å². The van der Waals surface area contributed by atoms with Crippen LogP contribution in [0.4, 0.5) is 17.1 Å². The average molecular weight is 601 g/mol. The van der Waals surface area contributed by atoms with E-state index in [9.17, 15) is 0 Å². The van der Waals surface area contributed by atoms with E-state index in [2.05, 4.69) is 192 Å². The Morgan fingerprint density at radius 2 is 0.894 bits per heavy atom. The Kier molecular flexibility index (Phi) is 6.39. The summed E-state index contributed by atoms with van der Waals surface area (Å²) < 4.78 is 2.41. The quantitative estimate of drug-likeness (QED) is 0.178. The maximum atomic E-state index is 2.41. The van der Waals surface area contributed by atoms with Crippen LogP contribution >= 0.6 is 0 Å². The molecule has 0 aliphatic rings. The number of para-hydroxylation sites is 2. The van der Waals surface area contributed by atoms with Crippen molar-refractivity contribution < 1.29 is 0 Å². The van der Waals surface area contributed by atoms with Crippen LogP contribution in [0.3, 0.4) is 0 Å². The van der Waals surface area contributed by atoms with Gasteiger partial charge in [-0.3, -0.25) is 0 Å². The van der Waals surface area contributed by atoms with Gasteiger partial charge in [0.2, 0.25) is 0 Å². The molecule has 0 fully saturated rings. The highest BCUT2D eigenvalue weighted by atomic mass is 15.1. The van der Waals surface area contributed by atoms with Crippen LogP contribution < -0.4 is 4.90 Å². The van der Waals surface area contributed by atoms with E-state index >= 15 is 0 Å². The minimum atomic E-state index is 1.12. The first-order valence-corrected chi connectivity index (χ1v) is 16.2. The zero-order valence-corrected chi connectivity index (χ0v) is 26.1. The van der Waals surface area contributed by atoms with Crippen LogP contribution in [0, 0.1) is 0 Å². The standard InChI is InChI=1S/C45H32N2/c1-46-44-37(24-13-25-42(44)43-40-22-10-8-20-38(40)39-21-9-11-23-41(39)45(43)46)32-26-28-35(29-27-32)47(34-17-6-3-7-18-34)36-19-12-16-33(30-36)31-14-4-2-5-15-31/h2-30H,1H3. The number of rotatable bonds is 5. The van der Waals surface area contributed by atoms with Gasteiger partial charge in [0.25, 0.3) is 0 Å². The lowest BCUT2D eigenvalue weighted by molar-refractivity contribution is 1.02. The van der Waals surface area contributed by atoms with E-state index in [0.717, 1.165) is 17.1 Å². The highest BCUT2D eigenvalue weighted by molar-refractivity contribution is 6.32. The fraction of sp³-hybridized carbons (Fsp3) is 0.0222. The van der Waals surface area contributed by atoms with Crippen molar-refractivity contribution in [1.82, 2.24) is 4.57 Å². The molecule has 0 bridgehead atoms. The largest absolute Gasteiger partial charge is 0.343 e. The predicted octanol–water partition coefficient (Wildman–Crippen LogP) is 12.4. The van der Waals surface area contributed by atoms with Gasteiger partial charge in [-0.2, -0.15) is 0 Å². The summed E-state index contributed by atoms with van der Waals surface area (Å²) in [5.41, 5.74) is 10.7. The SMILES string of the molecule is Cn1c2c(-c3ccc(N(c4ccccc4)c4cccc(-c5ccccc5)c4)cc3)cccc2c2c3ccccc3c3ccccc3c21. The van der Waals surface area contributed by atoms with E-state index in [1.807, 2.05) is 0 Å². The molecule has 0 spiro atoms. The highest BCUT2D eigenvalue weighted by Crippen LogP contribution is 2.44. The van der Waals surface area contributed by atoms with Crippen molar-refractivity contribution in [3.63, 3.8) is 0 Å². The third-order valence-electron chi connectivity index (χ3n) is 9.54. The Hall–Kier alpha value is -6.12. The van der Waals surface area contributed by atoms with Gasteiger partial charge in [0.05, 0.1) is 11.0 Å². The molecule has 0 aliphatic carbocycles. The van der Waals surface area contributed by atoms with Gasteiger partial charge in [-0.25, -0.2) is 0 Å². The van der Waals surface area contributed by atoms with Gasteiger partial charge in [-0.1, -0.05) is 140 Å². The number of anilines is 3. The zero-order valence-electron chi connectivity index (χ0n) is 26.1. The molecule has 9 aromatic rings. The number of benzene rings is 8. The maximum absolute atomic E-state index is 2.41. The predicted molar refractivity (Wildman–Crippen MR) is 201 cm³/mol. The van der Waals surface area contributed by atoms with Crippen LogP contribution in [-0.2, 0) is 7.05 Å². The lowest BCUT2D eigenvalue weighted by atomic mass is 9.96. The van der Waals surface area contributed by atoms with Crippen molar-refractivity contribution in [2.75, 3.05) is 4.90 Å². The summed E-state index contributed by atoms with van der Waals surface area (Å²) >= 11 is 0. The summed E-state index contributed by atoms with van der Waals surface area (Å²) in [5.74, 6) is 0. The molecule has 0 atom stereocenters. The molecule has 0 radical (unpaired) electrons. The summed E-state index contributed by atoms with van der Waals surface area (Å²) in [6, 6.07) is 63.5. The van der Waals surface area contributed by atoms with Crippen LogP contribution in [0.2, 0.25) is 0 Å². The zero-order chi connectivity index (χ0) is 31.3. The van der Waals surface area contributed by atoms with Crippen LogP contribution in [0.25, 0.3) is 65.6 Å². The molecule has 0 N–H and O–H groups in total. The highest BCUT2D eigenvalue weighted by Gasteiger charge is 2.19. The summed E-state index contributed by atoms with van der Waals surface area (Å²) in [6.45, 7) is 0. The minimum Gasteiger partial charge on any atom is -0.343 e. The Labute approximate surface area is 274 Å². The topological polar surface area (TPSA) is 8.17 Å². The second-order valence-corrected chi connectivity index (χ2v) is 12.2. The molecule has 2 nitrogen and oxygen atoms in total. The van der Waals surface area contributed by atoms with Crippen molar-refractivity contribution in [2.45, 2.75) is 0 Å². The van der Waals surface area contributed by atoms with Crippen molar-refractivity contribution >= 4 is 60.4 Å². The smallest absolute Gasteiger partial charge is 0.0575 e. The van der Waals surface area contributed by atoms with E-state index < -0.39 is 0 Å². The lowest BCUT2D eigenvalue weighted by Gasteiger charge is -2.26. The van der Waals surface area contributed by atoms with Crippen molar-refractivity contribution in [3.8, 4) is 22.3 Å². The summed E-state index contributed by atoms with van der Waals surface area (Å²) in [7, 11) is 2.22. The van der Waals surface area contributed by atoms with Crippen LogP contribution in [0.1, 0.15) is 0 Å². The molecule has 222 valence electrons. The molecule has 0 amide bonds. The number of nitrogens with zero attached hydrogens (tertiary/aromatic N) is 2. The van der Waals surface area contributed by atoms with Gasteiger partial charge in [0.1, 0.15) is 0 Å². The monoisotopic (exact) mass is 600 g/mol. The third kappa shape index (κ3) is 4.41. The van der Waals surface area contributed by atoms with Crippen molar-refractivity contribution in [1.29, 1.82) is 0 Å². The van der Waals surface area contributed by atoms with Crippen molar-refractivity contribution in [2.24, 2.45) is 7.05 Å². The van der Waals surface area contributed by atoms with Gasteiger partial charge in [0, 0.05) is 45.8 Å². The third-order valence-corrected chi connectivity index (χ3v) is 9.54. The normalized spacial score (nSPS) is 11.5. The van der Waals surface area contributed by atoms with Gasteiger partial charge in [-0.15, -0.1) is 0 Å². The average Bonchev–Trinajstić information content (AvgIpc) is 3.46. The van der Waals surface area contributed by atoms with Gasteiger partial charge in [-0.05, 0) is 69.2 Å². The first-order valence-electron chi connectivity index (χ1n) is 16.2. The molecular weight excluding hydrogens is 569 g/mol. The Morgan fingerprint density at radius 3 is 1.64 bits per heavy atom. The molecule has 0 aliphatic heterocycles. The van der Waals surface area contributed by atoms with Crippen LogP contribution in [0.5, 0.6) is 0 Å². The van der Waals surface area contributed by atoms with Crippen LogP contribution in [-0.4, -0.2) is 4.57 Å². The molecule has 2 heteroatoms. The fourth-order valence-electron chi connectivity index (χ4n) is 7.46. The first kappa shape index (κ1) is 27.2. The van der Waals surface area contributed by atoms with Crippen molar-refractivity contribution in [3.05, 3.63) is 176 Å². The van der Waals surface area contributed by atoms with Crippen LogP contribution in [0.15, 0.2) is 176 Å². The fourth-order valence-corrected chi connectivity index (χ4v) is 7.46. The van der Waals surface area contributed by atoms with E-state index in [-0.39, 0.29) is 0 Å². The number of aromatic nitrogens is 1. The minimum absolute atomic E-state index is 1.12. The lowest BCUT2D eigenvalue weighted by Crippen LogP contribution is -2.09. The van der Waals surface area contributed by atoms with E-state index in [1.165, 1.54) is 65.6 Å². The molecular formula is C45H32N2. The molecule has 1 aromatic heterocycles. The van der Waals surface area contributed by atoms with Gasteiger partial charge < -0.3 is 9.47 Å². The second kappa shape index (κ2) is 11.0. The molecule has 0 unspecified atom stereocenters. The second-order valence-electron chi connectivity index (χ2n) is 12.2. The van der Waals surface area contributed by atoms with Gasteiger partial charge >= 0.3 is 0 Å². The van der Waals surface area contributed by atoms with E-state index in [1.54, 1.807) is 0 Å². The number of aryl methyl sites for hydroxylation is 1. The first-order chi connectivity index (χ1) is 23.3. The number of hydrogen-bond acceptors (Lipinski definition) is 1. The number of fused-ring (bicyclic) bond motifs is 8. The summed E-state index contributed by atoms with van der Waals surface area (Å²) in [4.78, 5) is 2.34.